The molecular formula is C26H27Cl2N3O6S2. The number of aryl methyl sites for hydroxylation is 1. The van der Waals surface area contributed by atoms with Gasteiger partial charge < -0.3 is 10.1 Å². The van der Waals surface area contributed by atoms with Gasteiger partial charge >= 0.3 is 0 Å². The van der Waals surface area contributed by atoms with Crippen LogP contribution in [0.25, 0.3) is 0 Å². The third-order valence-corrected chi connectivity index (χ3v) is 9.12. The lowest BCUT2D eigenvalue weighted by atomic mass is 10.2. The van der Waals surface area contributed by atoms with Crippen molar-refractivity contribution in [1.29, 1.82) is 0 Å². The summed E-state index contributed by atoms with van der Waals surface area (Å²) < 4.78 is 33.6. The average Bonchev–Trinajstić information content (AvgIpc) is 2.90. The Hall–Kier alpha value is -2.99. The number of ether oxygens (including phenoxy) is 1. The van der Waals surface area contributed by atoms with E-state index < -0.39 is 27.4 Å². The number of carbonyl (C=O) groups excluding carboxylic acids is 1. The first kappa shape index (κ1) is 30.6. The molecule has 1 amide bonds. The van der Waals surface area contributed by atoms with Gasteiger partial charge in [0.1, 0.15) is 12.3 Å². The summed E-state index contributed by atoms with van der Waals surface area (Å²) in [7, 11) is -3.08. The number of hydrogen-bond acceptors (Lipinski definition) is 7. The number of methoxy groups -OCH3 is 1. The fraction of sp³-hybridized carbons (Fsp3) is 0.269. The highest BCUT2D eigenvalue weighted by atomic mass is 35.5. The number of nitrogens with zero attached hydrogens (tertiary/aromatic N) is 2. The zero-order chi connectivity index (χ0) is 28.6. The summed E-state index contributed by atoms with van der Waals surface area (Å²) in [4.78, 5) is 23.3. The highest BCUT2D eigenvalue weighted by molar-refractivity contribution is 7.98. The van der Waals surface area contributed by atoms with Gasteiger partial charge in [-0.2, -0.15) is 11.8 Å². The normalized spacial score (nSPS) is 11.2. The van der Waals surface area contributed by atoms with E-state index >= 15 is 0 Å². The SMILES string of the molecule is COc1ccc(Cl)cc1N(CC(=O)NCCCSCc1ccccc1Cl)S(=O)(=O)c1ccc(C)c([N+](=O)[O-])c1. The van der Waals surface area contributed by atoms with E-state index in [1.54, 1.807) is 11.8 Å². The molecule has 0 aromatic heterocycles. The van der Waals surface area contributed by atoms with Crippen molar-refractivity contribution < 1.29 is 22.9 Å². The predicted molar refractivity (Wildman–Crippen MR) is 156 cm³/mol. The molecule has 0 aliphatic rings. The summed E-state index contributed by atoms with van der Waals surface area (Å²) in [6.07, 6.45) is 0.651. The lowest BCUT2D eigenvalue weighted by Crippen LogP contribution is -2.41. The molecule has 3 rings (SSSR count). The van der Waals surface area contributed by atoms with Crippen molar-refractivity contribution >= 4 is 62.3 Å². The Morgan fingerprint density at radius 2 is 1.87 bits per heavy atom. The molecule has 0 aliphatic heterocycles. The van der Waals surface area contributed by atoms with Crippen LogP contribution < -0.4 is 14.4 Å². The average molecular weight is 613 g/mol. The molecule has 0 heterocycles. The van der Waals surface area contributed by atoms with Crippen molar-refractivity contribution in [3.05, 3.63) is 92.0 Å². The molecule has 13 heteroatoms. The monoisotopic (exact) mass is 611 g/mol. The zero-order valence-electron chi connectivity index (χ0n) is 21.2. The van der Waals surface area contributed by atoms with Crippen LogP contribution in [0.5, 0.6) is 5.75 Å². The minimum absolute atomic E-state index is 0.0265. The number of hydrogen-bond donors (Lipinski definition) is 1. The van der Waals surface area contributed by atoms with E-state index in [9.17, 15) is 23.3 Å². The number of nitro benzene ring substituents is 1. The number of nitro groups is 1. The first-order valence-corrected chi connectivity index (χ1v) is 15.1. The zero-order valence-corrected chi connectivity index (χ0v) is 24.4. The Bertz CT molecular complexity index is 1450. The second kappa shape index (κ2) is 13.9. The summed E-state index contributed by atoms with van der Waals surface area (Å²) >= 11 is 14.0. The summed E-state index contributed by atoms with van der Waals surface area (Å²) in [6.45, 7) is 1.24. The molecule has 0 aliphatic carbocycles. The van der Waals surface area contributed by atoms with E-state index in [2.05, 4.69) is 5.32 Å². The van der Waals surface area contributed by atoms with Gasteiger partial charge in [0.15, 0.2) is 0 Å². The highest BCUT2D eigenvalue weighted by Crippen LogP contribution is 2.35. The number of nitrogens with one attached hydrogen (secondary N) is 1. The van der Waals surface area contributed by atoms with Crippen molar-refractivity contribution in [3.63, 3.8) is 0 Å². The van der Waals surface area contributed by atoms with Gasteiger partial charge in [-0.1, -0.05) is 47.5 Å². The first-order chi connectivity index (χ1) is 18.5. The molecule has 208 valence electrons. The molecule has 0 saturated heterocycles. The standard InChI is InChI=1S/C26H27Cl2N3O6S2/c1-18-8-10-21(15-23(18)31(33)34)39(35,36)30(24-14-20(27)9-11-25(24)37-2)16-26(32)29-12-5-13-38-17-19-6-3-4-7-22(19)28/h3-4,6-11,14-15H,5,12-13,16-17H2,1-2H3,(H,29,32). The molecule has 0 saturated carbocycles. The van der Waals surface area contributed by atoms with E-state index in [4.69, 9.17) is 27.9 Å². The van der Waals surface area contributed by atoms with E-state index in [-0.39, 0.29) is 27.0 Å². The number of anilines is 1. The maximum atomic E-state index is 13.7. The second-order valence-corrected chi connectivity index (χ2v) is 12.2. The number of sulfonamides is 1. The Labute approximate surface area is 241 Å². The lowest BCUT2D eigenvalue weighted by molar-refractivity contribution is -0.385. The van der Waals surface area contributed by atoms with Crippen molar-refractivity contribution in [1.82, 2.24) is 5.32 Å². The summed E-state index contributed by atoms with van der Waals surface area (Å²) in [6, 6.07) is 15.5. The minimum atomic E-state index is -4.43. The topological polar surface area (TPSA) is 119 Å². The van der Waals surface area contributed by atoms with Crippen LogP contribution in [0.1, 0.15) is 17.5 Å². The molecule has 3 aromatic carbocycles. The van der Waals surface area contributed by atoms with Crippen molar-refractivity contribution in [2.45, 2.75) is 24.0 Å². The molecule has 1 N–H and O–H groups in total. The smallest absolute Gasteiger partial charge is 0.273 e. The van der Waals surface area contributed by atoms with Gasteiger partial charge in [-0.05, 0) is 55.0 Å². The molecule has 0 radical (unpaired) electrons. The molecule has 0 atom stereocenters. The van der Waals surface area contributed by atoms with Gasteiger partial charge in [-0.25, -0.2) is 8.42 Å². The van der Waals surface area contributed by atoms with E-state index in [1.165, 1.54) is 44.4 Å². The Morgan fingerprint density at radius 1 is 1.13 bits per heavy atom. The Balaban J connectivity index is 1.76. The number of amides is 1. The Morgan fingerprint density at radius 3 is 2.56 bits per heavy atom. The predicted octanol–water partition coefficient (Wildman–Crippen LogP) is 5.85. The minimum Gasteiger partial charge on any atom is -0.495 e. The van der Waals surface area contributed by atoms with Crippen molar-refractivity contribution in [2.75, 3.05) is 30.3 Å². The number of rotatable bonds is 13. The summed E-state index contributed by atoms with van der Waals surface area (Å²) in [5, 5.41) is 15.1. The highest BCUT2D eigenvalue weighted by Gasteiger charge is 2.31. The van der Waals surface area contributed by atoms with Crippen LogP contribution in [0.4, 0.5) is 11.4 Å². The van der Waals surface area contributed by atoms with Gasteiger partial charge in [-0.15, -0.1) is 0 Å². The molecule has 3 aromatic rings. The fourth-order valence-electron chi connectivity index (χ4n) is 3.62. The van der Waals surface area contributed by atoms with Crippen molar-refractivity contribution in [3.8, 4) is 5.75 Å². The quantitative estimate of drug-likeness (QED) is 0.146. The molecule has 0 bridgehead atoms. The van der Waals surface area contributed by atoms with Gasteiger partial charge in [0.05, 0.1) is 22.6 Å². The summed E-state index contributed by atoms with van der Waals surface area (Å²) in [5.74, 6) is 1.09. The van der Waals surface area contributed by atoms with Crippen molar-refractivity contribution in [2.24, 2.45) is 0 Å². The maximum absolute atomic E-state index is 13.7. The van der Waals surface area contributed by atoms with Gasteiger partial charge in [-0.3, -0.25) is 19.2 Å². The van der Waals surface area contributed by atoms with Crippen LogP contribution in [-0.2, 0) is 20.6 Å². The summed E-state index contributed by atoms with van der Waals surface area (Å²) in [5.41, 5.74) is 1.00. The van der Waals surface area contributed by atoms with Crippen LogP contribution in [0.15, 0.2) is 65.6 Å². The molecule has 9 nitrogen and oxygen atoms in total. The van der Waals surface area contributed by atoms with E-state index in [0.29, 0.717) is 23.6 Å². The third kappa shape index (κ3) is 8.01. The first-order valence-electron chi connectivity index (χ1n) is 11.7. The van der Waals surface area contributed by atoms with Gasteiger partial charge in [0.25, 0.3) is 15.7 Å². The third-order valence-electron chi connectivity index (χ3n) is 5.67. The molecule has 0 unspecified atom stereocenters. The Kier molecular flexibility index (Phi) is 10.9. The maximum Gasteiger partial charge on any atom is 0.273 e. The van der Waals surface area contributed by atoms with Crippen LogP contribution in [-0.4, -0.2) is 45.2 Å². The second-order valence-electron chi connectivity index (χ2n) is 8.38. The molecule has 39 heavy (non-hydrogen) atoms. The van der Waals surface area contributed by atoms with Gasteiger partial charge in [0, 0.05) is 34.0 Å². The fourth-order valence-corrected chi connectivity index (χ4v) is 6.47. The van der Waals surface area contributed by atoms with Crippen LogP contribution in [0.3, 0.4) is 0 Å². The van der Waals surface area contributed by atoms with E-state index in [0.717, 1.165) is 27.4 Å². The largest absolute Gasteiger partial charge is 0.495 e. The van der Waals surface area contributed by atoms with Crippen LogP contribution in [0, 0.1) is 17.0 Å². The van der Waals surface area contributed by atoms with Gasteiger partial charge in [0.2, 0.25) is 5.91 Å². The molecular weight excluding hydrogens is 585 g/mol. The van der Waals surface area contributed by atoms with E-state index in [1.807, 2.05) is 24.3 Å². The number of halogens is 2. The molecule has 0 fully saturated rings. The molecule has 0 spiro atoms. The van der Waals surface area contributed by atoms with Crippen LogP contribution in [0.2, 0.25) is 10.0 Å². The number of thioether (sulfide) groups is 1. The number of carbonyl (C=O) groups is 1. The number of benzene rings is 3. The lowest BCUT2D eigenvalue weighted by Gasteiger charge is -2.26. The van der Waals surface area contributed by atoms with Crippen LogP contribution >= 0.6 is 35.0 Å².